The van der Waals surface area contributed by atoms with E-state index in [1.54, 1.807) is 12.1 Å². The molecule has 0 saturated carbocycles. The van der Waals surface area contributed by atoms with Gasteiger partial charge in [-0.3, -0.25) is 19.6 Å². The van der Waals surface area contributed by atoms with Crippen LogP contribution < -0.4 is 16.0 Å². The number of amides is 3. The van der Waals surface area contributed by atoms with Crippen molar-refractivity contribution in [2.24, 2.45) is 0 Å². The summed E-state index contributed by atoms with van der Waals surface area (Å²) < 4.78 is 4.65. The predicted octanol–water partition coefficient (Wildman–Crippen LogP) is 1.03. The molecule has 30 heavy (non-hydrogen) atoms. The number of imide groups is 1. The number of benzene rings is 1. The number of rotatable bonds is 7. The maximum Gasteiger partial charge on any atom is 0.347 e. The molecule has 9 nitrogen and oxygen atoms in total. The van der Waals surface area contributed by atoms with Gasteiger partial charge in [0.25, 0.3) is 5.91 Å². The highest BCUT2D eigenvalue weighted by atomic mass is 16.6. The number of ether oxygens (including phenoxy) is 1. The van der Waals surface area contributed by atoms with Crippen molar-refractivity contribution >= 4 is 23.4 Å². The van der Waals surface area contributed by atoms with Gasteiger partial charge in [0.15, 0.2) is 6.04 Å². The lowest BCUT2D eigenvalue weighted by molar-refractivity contribution is -0.825. The maximum absolute atomic E-state index is 13.4. The van der Waals surface area contributed by atoms with Crippen LogP contribution in [0.2, 0.25) is 0 Å². The highest BCUT2D eigenvalue weighted by molar-refractivity contribution is 6.02. The average molecular weight is 416 g/mol. The Morgan fingerprint density at radius 2 is 1.97 bits per heavy atom. The summed E-state index contributed by atoms with van der Waals surface area (Å²) >= 11 is 0. The van der Waals surface area contributed by atoms with E-state index in [-0.39, 0.29) is 19.4 Å². The van der Waals surface area contributed by atoms with Crippen molar-refractivity contribution in [3.8, 4) is 0 Å². The molecule has 1 aromatic rings. The second-order valence-electron chi connectivity index (χ2n) is 8.16. The predicted molar refractivity (Wildman–Crippen MR) is 109 cm³/mol. The minimum atomic E-state index is -1.26. The molecule has 4 rings (SSSR count). The molecule has 3 amide bonds. The minimum absolute atomic E-state index is 0.0738. The summed E-state index contributed by atoms with van der Waals surface area (Å²) in [6.45, 7) is 3.20. The standard InChI is InChI=1S/C21H28N4O5/c26-19-6-5-18(20(27)24-19)25(29)13-16-15(21(25)28)3-1-4-17(16)23-9-2-12-30-14-7-10-22-11-8-14/h1,3-4,14,18,22-23H,2,5-13H2,(H,24,26,27). The smallest absolute Gasteiger partial charge is 0.347 e. The summed E-state index contributed by atoms with van der Waals surface area (Å²) in [6.07, 6.45) is 3.36. The van der Waals surface area contributed by atoms with E-state index < -0.39 is 28.4 Å². The molecule has 3 N–H and O–H groups in total. The van der Waals surface area contributed by atoms with Gasteiger partial charge in [-0.15, -0.1) is 0 Å². The maximum atomic E-state index is 13.4. The van der Waals surface area contributed by atoms with Crippen LogP contribution in [0.15, 0.2) is 18.2 Å². The van der Waals surface area contributed by atoms with Crippen LogP contribution in [0, 0.1) is 5.21 Å². The first-order valence-electron chi connectivity index (χ1n) is 10.6. The van der Waals surface area contributed by atoms with Crippen molar-refractivity contribution in [1.29, 1.82) is 0 Å². The molecule has 2 saturated heterocycles. The van der Waals surface area contributed by atoms with Crippen molar-refractivity contribution in [3.05, 3.63) is 34.5 Å². The third-order valence-corrected chi connectivity index (χ3v) is 6.13. The lowest BCUT2D eigenvalue weighted by atomic mass is 10.0. The van der Waals surface area contributed by atoms with Crippen LogP contribution in [0.3, 0.4) is 0 Å². The van der Waals surface area contributed by atoms with E-state index in [9.17, 15) is 19.6 Å². The highest BCUT2D eigenvalue weighted by Gasteiger charge is 2.50. The Balaban J connectivity index is 1.37. The highest BCUT2D eigenvalue weighted by Crippen LogP contribution is 2.37. The van der Waals surface area contributed by atoms with Crippen LogP contribution in [0.25, 0.3) is 0 Å². The van der Waals surface area contributed by atoms with Crippen molar-refractivity contribution in [2.75, 3.05) is 31.6 Å². The summed E-state index contributed by atoms with van der Waals surface area (Å²) in [4.78, 5) is 36.5. The first kappa shape index (κ1) is 20.9. The number of hydroxylamine groups is 3. The molecular weight excluding hydrogens is 388 g/mol. The van der Waals surface area contributed by atoms with Gasteiger partial charge < -0.3 is 20.6 Å². The summed E-state index contributed by atoms with van der Waals surface area (Å²) in [5, 5.41) is 22.2. The van der Waals surface area contributed by atoms with E-state index in [2.05, 4.69) is 16.0 Å². The van der Waals surface area contributed by atoms with Gasteiger partial charge in [-0.1, -0.05) is 6.07 Å². The number of anilines is 1. The molecule has 0 aromatic heterocycles. The van der Waals surface area contributed by atoms with Gasteiger partial charge in [0.1, 0.15) is 6.54 Å². The number of hydrogen-bond acceptors (Lipinski definition) is 7. The molecule has 0 bridgehead atoms. The van der Waals surface area contributed by atoms with Gasteiger partial charge in [-0.2, -0.15) is 0 Å². The quantitative estimate of drug-likeness (QED) is 0.263. The van der Waals surface area contributed by atoms with Crippen LogP contribution in [0.5, 0.6) is 0 Å². The normalized spacial score (nSPS) is 27.1. The number of carbonyl (C=O) groups excluding carboxylic acids is 3. The van der Waals surface area contributed by atoms with Crippen LogP contribution in [0.4, 0.5) is 5.69 Å². The minimum Gasteiger partial charge on any atom is -0.624 e. The Bertz CT molecular complexity index is 839. The fourth-order valence-corrected chi connectivity index (χ4v) is 4.47. The van der Waals surface area contributed by atoms with Gasteiger partial charge in [0.2, 0.25) is 5.91 Å². The second kappa shape index (κ2) is 8.81. The number of quaternary nitrogens is 1. The van der Waals surface area contributed by atoms with Crippen molar-refractivity contribution in [2.45, 2.75) is 50.8 Å². The van der Waals surface area contributed by atoms with E-state index in [1.807, 2.05) is 6.07 Å². The number of nitrogens with one attached hydrogen (secondary N) is 3. The Hall–Kier alpha value is -2.33. The Morgan fingerprint density at radius 3 is 2.73 bits per heavy atom. The first-order valence-corrected chi connectivity index (χ1v) is 10.6. The van der Waals surface area contributed by atoms with Crippen molar-refractivity contribution in [3.63, 3.8) is 0 Å². The number of hydrogen-bond donors (Lipinski definition) is 3. The molecule has 0 aliphatic carbocycles. The van der Waals surface area contributed by atoms with Crippen LogP contribution in [-0.4, -0.2) is 60.8 Å². The molecule has 9 heteroatoms. The third kappa shape index (κ3) is 4.11. The van der Waals surface area contributed by atoms with Crippen molar-refractivity contribution in [1.82, 2.24) is 10.6 Å². The lowest BCUT2D eigenvalue weighted by Gasteiger charge is -2.42. The number of fused-ring (bicyclic) bond motifs is 1. The van der Waals surface area contributed by atoms with Gasteiger partial charge >= 0.3 is 5.91 Å². The Morgan fingerprint density at radius 1 is 1.17 bits per heavy atom. The number of nitrogens with zero attached hydrogens (tertiary/aromatic N) is 1. The Labute approximate surface area is 175 Å². The molecule has 3 heterocycles. The molecule has 162 valence electrons. The van der Waals surface area contributed by atoms with E-state index in [0.717, 1.165) is 38.0 Å². The van der Waals surface area contributed by atoms with Gasteiger partial charge in [-0.25, -0.2) is 4.79 Å². The molecule has 1 aromatic carbocycles. The molecule has 2 unspecified atom stereocenters. The molecule has 3 aliphatic heterocycles. The zero-order valence-electron chi connectivity index (χ0n) is 16.9. The van der Waals surface area contributed by atoms with Crippen LogP contribution in [-0.2, 0) is 20.9 Å². The van der Waals surface area contributed by atoms with Gasteiger partial charge in [-0.05, 0) is 44.5 Å². The third-order valence-electron chi connectivity index (χ3n) is 6.13. The van der Waals surface area contributed by atoms with Crippen LogP contribution >= 0.6 is 0 Å². The monoisotopic (exact) mass is 416 g/mol. The molecular formula is C21H28N4O5. The summed E-state index contributed by atoms with van der Waals surface area (Å²) in [5.41, 5.74) is 1.73. The lowest BCUT2D eigenvalue weighted by Crippen LogP contribution is -2.60. The van der Waals surface area contributed by atoms with E-state index in [0.29, 0.717) is 30.4 Å². The molecule has 0 spiro atoms. The SMILES string of the molecule is O=C1CCC([N+]2([O-])Cc3c(NCCCOC4CCNCC4)cccc3C2=O)C(=O)N1. The van der Waals surface area contributed by atoms with Crippen molar-refractivity contribution < 1.29 is 23.8 Å². The largest absolute Gasteiger partial charge is 0.624 e. The molecule has 3 aliphatic rings. The van der Waals surface area contributed by atoms with E-state index >= 15 is 0 Å². The van der Waals surface area contributed by atoms with E-state index in [1.165, 1.54) is 0 Å². The molecule has 2 atom stereocenters. The molecule has 2 fully saturated rings. The fraction of sp³-hybridized carbons (Fsp3) is 0.571. The fourth-order valence-electron chi connectivity index (χ4n) is 4.47. The summed E-state index contributed by atoms with van der Waals surface area (Å²) in [6, 6.07) is 4.13. The van der Waals surface area contributed by atoms with Gasteiger partial charge in [0, 0.05) is 37.2 Å². The first-order chi connectivity index (χ1) is 14.5. The number of carbonyl (C=O) groups is 3. The number of piperidine rings is 2. The second-order valence-corrected chi connectivity index (χ2v) is 8.16. The average Bonchev–Trinajstić information content (AvgIpc) is 3.00. The van der Waals surface area contributed by atoms with E-state index in [4.69, 9.17) is 4.74 Å². The van der Waals surface area contributed by atoms with Crippen LogP contribution in [0.1, 0.15) is 48.0 Å². The van der Waals surface area contributed by atoms with Gasteiger partial charge in [0.05, 0.1) is 11.7 Å². The zero-order chi connectivity index (χ0) is 21.1. The zero-order valence-corrected chi connectivity index (χ0v) is 16.9. The Kier molecular flexibility index (Phi) is 6.14. The summed E-state index contributed by atoms with van der Waals surface area (Å²) in [7, 11) is 0. The summed E-state index contributed by atoms with van der Waals surface area (Å²) in [5.74, 6) is -1.68. The topological polar surface area (TPSA) is 120 Å². The molecule has 0 radical (unpaired) electrons.